The highest BCUT2D eigenvalue weighted by Crippen LogP contribution is 2.20. The van der Waals surface area contributed by atoms with Gasteiger partial charge in [0, 0.05) is 19.6 Å². The molecular formula is C22H27FN4O. The van der Waals surface area contributed by atoms with Crippen LogP contribution in [0.5, 0.6) is 0 Å². The minimum Gasteiger partial charge on any atom is -0.303 e. The molecular weight excluding hydrogens is 355 g/mol. The second-order valence-corrected chi connectivity index (χ2v) is 7.95. The largest absolute Gasteiger partial charge is 0.303 e. The van der Waals surface area contributed by atoms with E-state index in [2.05, 4.69) is 39.3 Å². The van der Waals surface area contributed by atoms with E-state index in [9.17, 15) is 4.39 Å². The Morgan fingerprint density at radius 2 is 1.89 bits per heavy atom. The van der Waals surface area contributed by atoms with Gasteiger partial charge in [0.1, 0.15) is 16.9 Å². The Bertz CT molecular complexity index is 904. The molecule has 0 radical (unpaired) electrons. The molecule has 2 heterocycles. The first-order valence-corrected chi connectivity index (χ1v) is 10.0. The van der Waals surface area contributed by atoms with Crippen molar-refractivity contribution in [3.05, 3.63) is 59.4 Å². The predicted octanol–water partition coefficient (Wildman–Crippen LogP) is 3.75. The third-order valence-corrected chi connectivity index (χ3v) is 5.65. The van der Waals surface area contributed by atoms with E-state index in [4.69, 9.17) is 4.63 Å². The van der Waals surface area contributed by atoms with Crippen molar-refractivity contribution < 1.29 is 9.02 Å². The van der Waals surface area contributed by atoms with E-state index >= 15 is 0 Å². The lowest BCUT2D eigenvalue weighted by molar-refractivity contribution is 0.153. The summed E-state index contributed by atoms with van der Waals surface area (Å²) in [6.07, 6.45) is 3.36. The molecule has 0 bridgehead atoms. The van der Waals surface area contributed by atoms with E-state index < -0.39 is 0 Å². The molecule has 0 saturated carbocycles. The monoisotopic (exact) mass is 382 g/mol. The van der Waals surface area contributed by atoms with E-state index in [-0.39, 0.29) is 5.82 Å². The fraction of sp³-hybridized carbons (Fsp3) is 0.455. The van der Waals surface area contributed by atoms with Crippen LogP contribution in [0.4, 0.5) is 4.39 Å². The van der Waals surface area contributed by atoms with Gasteiger partial charge in [0.2, 0.25) is 0 Å². The first-order chi connectivity index (χ1) is 13.7. The zero-order valence-corrected chi connectivity index (χ0v) is 16.4. The maximum absolute atomic E-state index is 13.3. The fourth-order valence-corrected chi connectivity index (χ4v) is 4.12. The molecule has 28 heavy (non-hydrogen) atoms. The summed E-state index contributed by atoms with van der Waals surface area (Å²) < 4.78 is 18.1. The van der Waals surface area contributed by atoms with Gasteiger partial charge in [-0.3, -0.25) is 0 Å². The average Bonchev–Trinajstić information content (AvgIpc) is 3.15. The molecule has 1 aromatic heterocycles. The van der Waals surface area contributed by atoms with Crippen LogP contribution in [-0.4, -0.2) is 53.3 Å². The lowest BCUT2D eigenvalue weighted by atomic mass is 9.95. The number of piperidine rings is 1. The van der Waals surface area contributed by atoms with Gasteiger partial charge in [-0.05, 0) is 91.0 Å². The molecule has 5 nitrogen and oxygen atoms in total. The van der Waals surface area contributed by atoms with Crippen LogP contribution in [0.25, 0.3) is 11.0 Å². The van der Waals surface area contributed by atoms with E-state index in [0.29, 0.717) is 0 Å². The van der Waals surface area contributed by atoms with Crippen LogP contribution in [0.2, 0.25) is 0 Å². The van der Waals surface area contributed by atoms with Gasteiger partial charge in [0.05, 0.1) is 0 Å². The highest BCUT2D eigenvalue weighted by atomic mass is 19.1. The maximum Gasteiger partial charge on any atom is 0.135 e. The van der Waals surface area contributed by atoms with Crippen LogP contribution >= 0.6 is 0 Å². The third kappa shape index (κ3) is 4.94. The molecule has 1 fully saturated rings. The summed E-state index contributed by atoms with van der Waals surface area (Å²) >= 11 is 0. The molecule has 1 saturated heterocycles. The summed E-state index contributed by atoms with van der Waals surface area (Å²) in [4.78, 5) is 4.90. The molecule has 0 N–H and O–H groups in total. The number of likely N-dealkylation sites (tertiary alicyclic amines) is 1. The molecule has 0 atom stereocenters. The molecule has 0 unspecified atom stereocenters. The Kier molecular flexibility index (Phi) is 5.98. The van der Waals surface area contributed by atoms with Gasteiger partial charge in [0.25, 0.3) is 0 Å². The second-order valence-electron chi connectivity index (χ2n) is 7.95. The number of hydrogen-bond donors (Lipinski definition) is 0. The minimum atomic E-state index is -0.141. The van der Waals surface area contributed by atoms with E-state index in [1.165, 1.54) is 24.5 Å². The molecule has 1 aliphatic rings. The Morgan fingerprint density at radius 1 is 1.07 bits per heavy atom. The Balaban J connectivity index is 1.20. The topological polar surface area (TPSA) is 45.4 Å². The van der Waals surface area contributed by atoms with E-state index in [1.807, 2.05) is 12.1 Å². The van der Waals surface area contributed by atoms with Gasteiger partial charge in [-0.15, -0.1) is 0 Å². The van der Waals surface area contributed by atoms with Gasteiger partial charge in [-0.2, -0.15) is 0 Å². The zero-order chi connectivity index (χ0) is 19.3. The van der Waals surface area contributed by atoms with Gasteiger partial charge < -0.3 is 9.80 Å². The van der Waals surface area contributed by atoms with Crippen molar-refractivity contribution in [2.45, 2.75) is 25.8 Å². The van der Waals surface area contributed by atoms with Crippen LogP contribution in [0.3, 0.4) is 0 Å². The highest BCUT2D eigenvalue weighted by Gasteiger charge is 2.20. The van der Waals surface area contributed by atoms with E-state index in [0.717, 1.165) is 61.7 Å². The average molecular weight is 382 g/mol. The number of benzene rings is 2. The summed E-state index contributed by atoms with van der Waals surface area (Å²) in [7, 11) is 2.18. The van der Waals surface area contributed by atoms with Crippen molar-refractivity contribution in [2.24, 2.45) is 5.92 Å². The molecule has 0 amide bonds. The van der Waals surface area contributed by atoms with Crippen molar-refractivity contribution >= 4 is 11.0 Å². The highest BCUT2D eigenvalue weighted by molar-refractivity contribution is 5.73. The number of aromatic nitrogens is 2. The lowest BCUT2D eigenvalue weighted by Gasteiger charge is -2.34. The van der Waals surface area contributed by atoms with E-state index in [1.54, 1.807) is 12.1 Å². The number of nitrogens with zero attached hydrogens (tertiary/aromatic N) is 4. The molecule has 3 aromatic rings. The quantitative estimate of drug-likeness (QED) is 0.623. The number of hydrogen-bond acceptors (Lipinski definition) is 5. The summed E-state index contributed by atoms with van der Waals surface area (Å²) in [5.41, 5.74) is 3.94. The fourth-order valence-electron chi connectivity index (χ4n) is 4.12. The van der Waals surface area contributed by atoms with Crippen LogP contribution < -0.4 is 0 Å². The molecule has 148 valence electrons. The summed E-state index contributed by atoms with van der Waals surface area (Å²) in [5, 5.41) is 7.78. The summed E-state index contributed by atoms with van der Waals surface area (Å²) in [6, 6.07) is 13.1. The first kappa shape index (κ1) is 19.0. The normalized spacial score (nSPS) is 16.2. The van der Waals surface area contributed by atoms with Crippen molar-refractivity contribution in [1.29, 1.82) is 0 Å². The van der Waals surface area contributed by atoms with Crippen molar-refractivity contribution in [1.82, 2.24) is 20.1 Å². The van der Waals surface area contributed by atoms with Crippen molar-refractivity contribution in [2.75, 3.05) is 33.2 Å². The third-order valence-electron chi connectivity index (χ3n) is 5.65. The molecule has 4 rings (SSSR count). The lowest BCUT2D eigenvalue weighted by Crippen LogP contribution is -2.38. The van der Waals surface area contributed by atoms with Gasteiger partial charge in [0.15, 0.2) is 0 Å². The van der Waals surface area contributed by atoms with Crippen molar-refractivity contribution in [3.63, 3.8) is 0 Å². The number of fused-ring (bicyclic) bond motifs is 1. The maximum atomic E-state index is 13.3. The number of rotatable bonds is 7. The Hall–Kier alpha value is -2.31. The second kappa shape index (κ2) is 8.80. The SMILES string of the molecule is CN(Cc1ccc2nonc2c1)CC1CCN(CCc2cccc(F)c2)CC1. The Labute approximate surface area is 165 Å². The molecule has 1 aliphatic heterocycles. The van der Waals surface area contributed by atoms with Crippen LogP contribution in [0.15, 0.2) is 47.1 Å². The molecule has 2 aromatic carbocycles. The summed E-state index contributed by atoms with van der Waals surface area (Å²) in [5.74, 6) is 0.589. The smallest absolute Gasteiger partial charge is 0.135 e. The van der Waals surface area contributed by atoms with Crippen LogP contribution in [-0.2, 0) is 13.0 Å². The molecule has 0 spiro atoms. The zero-order valence-electron chi connectivity index (χ0n) is 16.4. The minimum absolute atomic E-state index is 0.141. The molecule has 6 heteroatoms. The van der Waals surface area contributed by atoms with Gasteiger partial charge in [-0.25, -0.2) is 9.02 Å². The Morgan fingerprint density at radius 3 is 2.71 bits per heavy atom. The van der Waals surface area contributed by atoms with Crippen molar-refractivity contribution in [3.8, 4) is 0 Å². The summed E-state index contributed by atoms with van der Waals surface area (Å²) in [6.45, 7) is 5.28. The molecule has 0 aliphatic carbocycles. The van der Waals surface area contributed by atoms with Crippen LogP contribution in [0, 0.1) is 11.7 Å². The van der Waals surface area contributed by atoms with Gasteiger partial charge >= 0.3 is 0 Å². The first-order valence-electron chi connectivity index (χ1n) is 10.0. The van der Waals surface area contributed by atoms with Gasteiger partial charge in [-0.1, -0.05) is 18.2 Å². The predicted molar refractivity (Wildman–Crippen MR) is 107 cm³/mol. The number of halogens is 1. The standard InChI is InChI=1S/C22H27FN4O/c1-26(16-19-5-6-21-22(14-19)25-28-24-21)15-18-8-11-27(12-9-18)10-7-17-3-2-4-20(23)13-17/h2-6,13-14,18H,7-12,15-16H2,1H3. The van der Waals surface area contributed by atoms with Crippen LogP contribution in [0.1, 0.15) is 24.0 Å².